The molecule has 0 heterocycles. The molecule has 1 aliphatic carbocycles. The number of alkyl halides is 1. The van der Waals surface area contributed by atoms with Crippen LogP contribution in [0.15, 0.2) is 24.3 Å². The van der Waals surface area contributed by atoms with E-state index in [2.05, 4.69) is 5.32 Å². The van der Waals surface area contributed by atoms with E-state index in [0.29, 0.717) is 18.0 Å². The first kappa shape index (κ1) is 14.8. The summed E-state index contributed by atoms with van der Waals surface area (Å²) in [7, 11) is 0. The lowest BCUT2D eigenvalue weighted by Gasteiger charge is -2.25. The molecule has 0 atom stereocenters. The second kappa shape index (κ2) is 6.70. The van der Waals surface area contributed by atoms with Crippen LogP contribution in [-0.2, 0) is 0 Å². The van der Waals surface area contributed by atoms with Crippen LogP contribution in [0.5, 0.6) is 0 Å². The van der Waals surface area contributed by atoms with Crippen molar-refractivity contribution in [3.8, 4) is 0 Å². The molecule has 0 saturated heterocycles. The SMILES string of the molecule is O=C(NCC1CCC(Cl)CC1)c1cccc([N+](=O)[O-])c1. The summed E-state index contributed by atoms with van der Waals surface area (Å²) in [5.74, 6) is 0.189. The highest BCUT2D eigenvalue weighted by atomic mass is 35.5. The lowest BCUT2D eigenvalue weighted by Crippen LogP contribution is -2.31. The van der Waals surface area contributed by atoms with Crippen molar-refractivity contribution >= 4 is 23.2 Å². The summed E-state index contributed by atoms with van der Waals surface area (Å²) in [6.45, 7) is 0.602. The van der Waals surface area contributed by atoms with Crippen LogP contribution in [0, 0.1) is 16.0 Å². The van der Waals surface area contributed by atoms with Crippen molar-refractivity contribution in [1.82, 2.24) is 5.32 Å². The Kier molecular flexibility index (Phi) is 4.95. The number of carbonyl (C=O) groups is 1. The van der Waals surface area contributed by atoms with E-state index < -0.39 is 4.92 Å². The summed E-state index contributed by atoms with van der Waals surface area (Å²) >= 11 is 6.04. The molecule has 1 fully saturated rings. The average molecular weight is 297 g/mol. The molecule has 1 aromatic rings. The molecule has 1 aromatic carbocycles. The van der Waals surface area contributed by atoms with E-state index in [9.17, 15) is 14.9 Å². The summed E-state index contributed by atoms with van der Waals surface area (Å²) in [6, 6.07) is 5.77. The van der Waals surface area contributed by atoms with Crippen LogP contribution in [0.3, 0.4) is 0 Å². The average Bonchev–Trinajstić information content (AvgIpc) is 2.46. The van der Waals surface area contributed by atoms with Gasteiger partial charge in [-0.3, -0.25) is 14.9 Å². The highest BCUT2D eigenvalue weighted by molar-refractivity contribution is 6.20. The molecule has 1 saturated carbocycles. The Balaban J connectivity index is 1.88. The molecule has 0 aliphatic heterocycles. The number of nitro benzene ring substituents is 1. The lowest BCUT2D eigenvalue weighted by molar-refractivity contribution is -0.384. The zero-order valence-electron chi connectivity index (χ0n) is 11.0. The van der Waals surface area contributed by atoms with Gasteiger partial charge in [-0.05, 0) is 37.7 Å². The van der Waals surface area contributed by atoms with E-state index in [1.165, 1.54) is 18.2 Å². The molecular weight excluding hydrogens is 280 g/mol. The fourth-order valence-corrected chi connectivity index (χ4v) is 2.68. The number of benzene rings is 1. The Morgan fingerprint density at radius 1 is 1.35 bits per heavy atom. The summed E-state index contributed by atoms with van der Waals surface area (Å²) in [4.78, 5) is 22.1. The van der Waals surface area contributed by atoms with Crippen molar-refractivity contribution in [1.29, 1.82) is 0 Å². The number of halogens is 1. The van der Waals surface area contributed by atoms with Gasteiger partial charge in [0.1, 0.15) is 0 Å². The number of hydrogen-bond donors (Lipinski definition) is 1. The van der Waals surface area contributed by atoms with Gasteiger partial charge in [0.05, 0.1) is 4.92 Å². The minimum absolute atomic E-state index is 0.0692. The van der Waals surface area contributed by atoms with Gasteiger partial charge in [-0.25, -0.2) is 0 Å². The maximum atomic E-state index is 12.0. The van der Waals surface area contributed by atoms with Crippen LogP contribution in [0.1, 0.15) is 36.0 Å². The van der Waals surface area contributed by atoms with Crippen LogP contribution in [0.25, 0.3) is 0 Å². The topological polar surface area (TPSA) is 72.2 Å². The lowest BCUT2D eigenvalue weighted by atomic mass is 9.89. The summed E-state index contributed by atoms with van der Waals surface area (Å²) in [6.07, 6.45) is 4.00. The molecule has 108 valence electrons. The van der Waals surface area contributed by atoms with Gasteiger partial charge in [-0.2, -0.15) is 0 Å². The van der Waals surface area contributed by atoms with Gasteiger partial charge in [0.25, 0.3) is 11.6 Å². The Labute approximate surface area is 122 Å². The van der Waals surface area contributed by atoms with Crippen molar-refractivity contribution in [3.63, 3.8) is 0 Å². The largest absolute Gasteiger partial charge is 0.352 e. The standard InChI is InChI=1S/C14H17ClN2O3/c15-12-6-4-10(5-7-12)9-16-14(18)11-2-1-3-13(8-11)17(19)20/h1-3,8,10,12H,4-7,9H2,(H,16,18). The minimum atomic E-state index is -0.501. The maximum absolute atomic E-state index is 12.0. The third-order valence-corrected chi connectivity index (χ3v) is 4.08. The van der Waals surface area contributed by atoms with Crippen LogP contribution in [-0.4, -0.2) is 22.8 Å². The van der Waals surface area contributed by atoms with Gasteiger partial charge in [0.15, 0.2) is 0 Å². The fourth-order valence-electron chi connectivity index (χ4n) is 2.43. The third-order valence-electron chi connectivity index (χ3n) is 3.65. The molecule has 6 heteroatoms. The molecule has 2 rings (SSSR count). The van der Waals surface area contributed by atoms with Crippen LogP contribution in [0.2, 0.25) is 0 Å². The van der Waals surface area contributed by atoms with Crippen molar-refractivity contribution in [2.45, 2.75) is 31.1 Å². The van der Waals surface area contributed by atoms with Gasteiger partial charge in [-0.15, -0.1) is 11.6 Å². The van der Waals surface area contributed by atoms with E-state index in [1.54, 1.807) is 6.07 Å². The quantitative estimate of drug-likeness (QED) is 0.527. The Hall–Kier alpha value is -1.62. The number of non-ortho nitro benzene ring substituents is 1. The second-order valence-electron chi connectivity index (χ2n) is 5.14. The Bertz CT molecular complexity index is 499. The minimum Gasteiger partial charge on any atom is -0.352 e. The molecule has 0 aromatic heterocycles. The van der Waals surface area contributed by atoms with E-state index >= 15 is 0 Å². The normalized spacial score (nSPS) is 22.2. The van der Waals surface area contributed by atoms with Gasteiger partial charge >= 0.3 is 0 Å². The monoisotopic (exact) mass is 296 g/mol. The number of rotatable bonds is 4. The zero-order valence-corrected chi connectivity index (χ0v) is 11.8. The number of nitro groups is 1. The molecular formula is C14H17ClN2O3. The van der Waals surface area contributed by atoms with Gasteiger partial charge < -0.3 is 5.32 Å². The number of nitrogens with zero attached hydrogens (tertiary/aromatic N) is 1. The second-order valence-corrected chi connectivity index (χ2v) is 5.75. The molecule has 20 heavy (non-hydrogen) atoms. The number of amides is 1. The highest BCUT2D eigenvalue weighted by Crippen LogP contribution is 2.27. The third kappa shape index (κ3) is 3.93. The van der Waals surface area contributed by atoms with Gasteiger partial charge in [0, 0.05) is 29.6 Å². The predicted octanol–water partition coefficient (Wildman–Crippen LogP) is 3.12. The highest BCUT2D eigenvalue weighted by Gasteiger charge is 2.20. The van der Waals surface area contributed by atoms with Crippen LogP contribution >= 0.6 is 11.6 Å². The van der Waals surface area contributed by atoms with E-state index in [4.69, 9.17) is 11.6 Å². The fraction of sp³-hybridized carbons (Fsp3) is 0.500. The molecule has 1 N–H and O–H groups in total. The first-order valence-corrected chi connectivity index (χ1v) is 7.16. The first-order chi connectivity index (χ1) is 9.56. The molecule has 1 amide bonds. The van der Waals surface area contributed by atoms with E-state index in [0.717, 1.165) is 25.7 Å². The zero-order chi connectivity index (χ0) is 14.5. The molecule has 0 bridgehead atoms. The van der Waals surface area contributed by atoms with Crippen molar-refractivity contribution < 1.29 is 9.72 Å². The van der Waals surface area contributed by atoms with Crippen molar-refractivity contribution in [3.05, 3.63) is 39.9 Å². The van der Waals surface area contributed by atoms with E-state index in [-0.39, 0.29) is 17.0 Å². The van der Waals surface area contributed by atoms with Crippen LogP contribution in [0.4, 0.5) is 5.69 Å². The molecule has 0 spiro atoms. The van der Waals surface area contributed by atoms with Gasteiger partial charge in [-0.1, -0.05) is 6.07 Å². The van der Waals surface area contributed by atoms with Gasteiger partial charge in [0.2, 0.25) is 0 Å². The summed E-state index contributed by atoms with van der Waals surface area (Å²) in [5.41, 5.74) is 0.255. The number of hydrogen-bond acceptors (Lipinski definition) is 3. The number of carbonyl (C=O) groups excluding carboxylic acids is 1. The van der Waals surface area contributed by atoms with Crippen molar-refractivity contribution in [2.24, 2.45) is 5.92 Å². The molecule has 1 aliphatic rings. The van der Waals surface area contributed by atoms with Crippen molar-refractivity contribution in [2.75, 3.05) is 6.54 Å². The maximum Gasteiger partial charge on any atom is 0.270 e. The molecule has 0 radical (unpaired) electrons. The van der Waals surface area contributed by atoms with Crippen LogP contribution < -0.4 is 5.32 Å². The van der Waals surface area contributed by atoms with E-state index in [1.807, 2.05) is 0 Å². The Morgan fingerprint density at radius 2 is 2.05 bits per heavy atom. The smallest absolute Gasteiger partial charge is 0.270 e. The predicted molar refractivity (Wildman–Crippen MR) is 77.0 cm³/mol. The molecule has 0 unspecified atom stereocenters. The summed E-state index contributed by atoms with van der Waals surface area (Å²) in [5, 5.41) is 13.8. The molecule has 5 nitrogen and oxygen atoms in total. The summed E-state index contributed by atoms with van der Waals surface area (Å²) < 4.78 is 0. The first-order valence-electron chi connectivity index (χ1n) is 6.73. The Morgan fingerprint density at radius 3 is 2.70 bits per heavy atom. The number of nitrogens with one attached hydrogen (secondary N) is 1.